The number of rotatable bonds is 3. The number of hydrogen-bond donors (Lipinski definition) is 1. The molecule has 0 aromatic heterocycles. The van der Waals surface area contributed by atoms with Gasteiger partial charge in [-0.05, 0) is 24.3 Å². The molecule has 5 heteroatoms. The van der Waals surface area contributed by atoms with Crippen molar-refractivity contribution in [3.63, 3.8) is 0 Å². The van der Waals surface area contributed by atoms with E-state index in [4.69, 9.17) is 4.74 Å². The van der Waals surface area contributed by atoms with E-state index in [2.05, 4.69) is 5.73 Å². The quantitative estimate of drug-likeness (QED) is 0.800. The van der Waals surface area contributed by atoms with E-state index in [9.17, 15) is 13.6 Å². The molecule has 0 heterocycles. The predicted octanol–water partition coefficient (Wildman–Crippen LogP) is 1.27. The molecule has 0 unspecified atom stereocenters. The molecule has 0 aliphatic carbocycles. The molecular formula is C9H9F2NO2. The summed E-state index contributed by atoms with van der Waals surface area (Å²) in [6.07, 6.45) is 0. The summed E-state index contributed by atoms with van der Waals surface area (Å²) in [5, 5.41) is 0. The Morgan fingerprint density at radius 1 is 1.36 bits per heavy atom. The monoisotopic (exact) mass is 201 g/mol. The Kier molecular flexibility index (Phi) is 2.69. The lowest BCUT2D eigenvalue weighted by Gasteiger charge is -2.12. The second-order valence-electron chi connectivity index (χ2n) is 2.67. The van der Waals surface area contributed by atoms with Crippen molar-refractivity contribution < 1.29 is 18.3 Å². The number of amides is 1. The second-order valence-corrected chi connectivity index (χ2v) is 2.67. The van der Waals surface area contributed by atoms with E-state index in [1.165, 1.54) is 19.2 Å². The van der Waals surface area contributed by atoms with Gasteiger partial charge in [0.05, 0.1) is 7.11 Å². The van der Waals surface area contributed by atoms with E-state index in [1.807, 2.05) is 0 Å². The number of alkyl halides is 2. The average Bonchev–Trinajstić information content (AvgIpc) is 2.17. The van der Waals surface area contributed by atoms with Crippen LogP contribution in [0.25, 0.3) is 0 Å². The molecule has 1 rings (SSSR count). The van der Waals surface area contributed by atoms with E-state index in [1.54, 1.807) is 0 Å². The van der Waals surface area contributed by atoms with E-state index >= 15 is 0 Å². The molecule has 1 aromatic carbocycles. The van der Waals surface area contributed by atoms with Gasteiger partial charge in [-0.2, -0.15) is 8.78 Å². The number of nitrogens with two attached hydrogens (primary N) is 1. The highest BCUT2D eigenvalue weighted by atomic mass is 19.3. The van der Waals surface area contributed by atoms with Gasteiger partial charge in [0.2, 0.25) is 0 Å². The van der Waals surface area contributed by atoms with Gasteiger partial charge in [0.25, 0.3) is 5.91 Å². The molecule has 14 heavy (non-hydrogen) atoms. The topological polar surface area (TPSA) is 52.3 Å². The van der Waals surface area contributed by atoms with Crippen LogP contribution >= 0.6 is 0 Å². The number of carbonyl (C=O) groups excluding carboxylic acids is 1. The molecule has 1 amide bonds. The second kappa shape index (κ2) is 3.61. The molecule has 0 fully saturated rings. The highest BCUT2D eigenvalue weighted by Gasteiger charge is 2.38. The van der Waals surface area contributed by atoms with Gasteiger partial charge >= 0.3 is 5.92 Å². The van der Waals surface area contributed by atoms with Crippen molar-refractivity contribution in [1.29, 1.82) is 0 Å². The van der Waals surface area contributed by atoms with Gasteiger partial charge in [-0.15, -0.1) is 0 Å². The average molecular weight is 201 g/mol. The Hall–Kier alpha value is -1.65. The van der Waals surface area contributed by atoms with Crippen molar-refractivity contribution in [1.82, 2.24) is 0 Å². The number of carbonyl (C=O) groups is 1. The third-order valence-electron chi connectivity index (χ3n) is 1.76. The molecule has 0 spiro atoms. The van der Waals surface area contributed by atoms with E-state index in [0.717, 1.165) is 12.1 Å². The molecular weight excluding hydrogens is 192 g/mol. The van der Waals surface area contributed by atoms with Crippen molar-refractivity contribution in [2.24, 2.45) is 5.73 Å². The zero-order chi connectivity index (χ0) is 10.8. The Morgan fingerprint density at radius 2 is 1.86 bits per heavy atom. The van der Waals surface area contributed by atoms with Gasteiger partial charge < -0.3 is 10.5 Å². The van der Waals surface area contributed by atoms with Crippen LogP contribution in [0.3, 0.4) is 0 Å². The smallest absolute Gasteiger partial charge is 0.349 e. The maximum atomic E-state index is 13.0. The minimum atomic E-state index is -3.63. The molecule has 0 bridgehead atoms. The molecule has 0 saturated heterocycles. The van der Waals surface area contributed by atoms with Crippen LogP contribution in [0.1, 0.15) is 5.56 Å². The van der Waals surface area contributed by atoms with Crippen LogP contribution in [0.2, 0.25) is 0 Å². The summed E-state index contributed by atoms with van der Waals surface area (Å²) >= 11 is 0. The lowest BCUT2D eigenvalue weighted by Crippen LogP contribution is -2.32. The van der Waals surface area contributed by atoms with Crippen LogP contribution in [0.4, 0.5) is 8.78 Å². The standard InChI is InChI=1S/C9H9F2NO2/c1-14-7-4-2-6(3-5-7)9(10,11)8(12)13/h2-5H,1H3,(H2,12,13). The number of halogens is 2. The molecule has 76 valence electrons. The maximum absolute atomic E-state index is 13.0. The molecule has 0 aliphatic rings. The lowest BCUT2D eigenvalue weighted by molar-refractivity contribution is -0.143. The summed E-state index contributed by atoms with van der Waals surface area (Å²) < 4.78 is 30.8. The van der Waals surface area contributed by atoms with E-state index in [0.29, 0.717) is 5.75 Å². The van der Waals surface area contributed by atoms with Gasteiger partial charge in [0.1, 0.15) is 5.75 Å². The Balaban J connectivity index is 3.02. The van der Waals surface area contributed by atoms with Crippen molar-refractivity contribution in [2.75, 3.05) is 7.11 Å². The number of hydrogen-bond acceptors (Lipinski definition) is 2. The normalized spacial score (nSPS) is 11.1. The van der Waals surface area contributed by atoms with Crippen LogP contribution in [0.15, 0.2) is 24.3 Å². The largest absolute Gasteiger partial charge is 0.497 e. The zero-order valence-electron chi connectivity index (χ0n) is 7.46. The molecule has 0 radical (unpaired) electrons. The number of primary amides is 1. The third kappa shape index (κ3) is 1.81. The first-order valence-electron chi connectivity index (χ1n) is 3.80. The number of ether oxygens (including phenoxy) is 1. The van der Waals surface area contributed by atoms with Crippen molar-refractivity contribution >= 4 is 5.91 Å². The molecule has 1 aromatic rings. The highest BCUT2D eigenvalue weighted by Crippen LogP contribution is 2.28. The first-order valence-corrected chi connectivity index (χ1v) is 3.80. The van der Waals surface area contributed by atoms with E-state index < -0.39 is 17.4 Å². The lowest BCUT2D eigenvalue weighted by atomic mass is 10.1. The highest BCUT2D eigenvalue weighted by molar-refractivity contribution is 5.83. The molecule has 0 saturated carbocycles. The van der Waals surface area contributed by atoms with Crippen LogP contribution in [-0.2, 0) is 10.7 Å². The van der Waals surface area contributed by atoms with Gasteiger partial charge in [-0.25, -0.2) is 0 Å². The molecule has 0 atom stereocenters. The summed E-state index contributed by atoms with van der Waals surface area (Å²) in [6, 6.07) is 4.88. The minimum Gasteiger partial charge on any atom is -0.497 e. The molecule has 0 aliphatic heterocycles. The molecule has 2 N–H and O–H groups in total. The first-order chi connectivity index (χ1) is 6.48. The third-order valence-corrected chi connectivity index (χ3v) is 1.76. The summed E-state index contributed by atoms with van der Waals surface area (Å²) in [6.45, 7) is 0. The van der Waals surface area contributed by atoms with Gasteiger partial charge in [0, 0.05) is 5.56 Å². The van der Waals surface area contributed by atoms with E-state index in [-0.39, 0.29) is 0 Å². The van der Waals surface area contributed by atoms with Crippen LogP contribution in [0, 0.1) is 0 Å². The van der Waals surface area contributed by atoms with Crippen LogP contribution in [0.5, 0.6) is 5.75 Å². The Bertz CT molecular complexity index is 335. The van der Waals surface area contributed by atoms with Crippen molar-refractivity contribution in [3.05, 3.63) is 29.8 Å². The van der Waals surface area contributed by atoms with Crippen molar-refractivity contribution in [3.8, 4) is 5.75 Å². The first kappa shape index (κ1) is 10.4. The van der Waals surface area contributed by atoms with Gasteiger partial charge in [-0.1, -0.05) is 0 Å². The zero-order valence-corrected chi connectivity index (χ0v) is 7.46. The predicted molar refractivity (Wildman–Crippen MR) is 46.1 cm³/mol. The minimum absolute atomic E-state index is 0.439. The number of benzene rings is 1. The molecule has 3 nitrogen and oxygen atoms in total. The van der Waals surface area contributed by atoms with Gasteiger partial charge in [-0.3, -0.25) is 4.79 Å². The fraction of sp³-hybridized carbons (Fsp3) is 0.222. The number of methoxy groups -OCH3 is 1. The Morgan fingerprint density at radius 3 is 2.21 bits per heavy atom. The summed E-state index contributed by atoms with van der Waals surface area (Å²) in [5.74, 6) is -4.86. The van der Waals surface area contributed by atoms with Gasteiger partial charge in [0.15, 0.2) is 0 Å². The van der Waals surface area contributed by atoms with Crippen LogP contribution < -0.4 is 10.5 Å². The summed E-state index contributed by atoms with van der Waals surface area (Å²) in [4.78, 5) is 10.4. The SMILES string of the molecule is COc1ccc(C(F)(F)C(N)=O)cc1. The Labute approximate surface area is 79.5 Å². The van der Waals surface area contributed by atoms with Crippen molar-refractivity contribution in [2.45, 2.75) is 5.92 Å². The fourth-order valence-corrected chi connectivity index (χ4v) is 0.943. The summed E-state index contributed by atoms with van der Waals surface area (Å²) in [5.41, 5.74) is 4.11. The summed E-state index contributed by atoms with van der Waals surface area (Å²) in [7, 11) is 1.42. The van der Waals surface area contributed by atoms with Crippen LogP contribution in [-0.4, -0.2) is 13.0 Å². The fourth-order valence-electron chi connectivity index (χ4n) is 0.943. The maximum Gasteiger partial charge on any atom is 0.349 e.